The molecular formula is C13H24N2O4S. The van der Waals surface area contributed by atoms with Crippen LogP contribution in [0, 0.1) is 0 Å². The summed E-state index contributed by atoms with van der Waals surface area (Å²) in [6.07, 6.45) is 2.51. The third-order valence-corrected chi connectivity index (χ3v) is 5.50. The van der Waals surface area contributed by atoms with Gasteiger partial charge in [0.15, 0.2) is 9.84 Å². The predicted molar refractivity (Wildman–Crippen MR) is 76.4 cm³/mol. The summed E-state index contributed by atoms with van der Waals surface area (Å²) in [5, 5.41) is 2.86. The molecule has 2 amide bonds. The number of ether oxygens (including phenoxy) is 1. The van der Waals surface area contributed by atoms with Crippen LogP contribution in [0.25, 0.3) is 0 Å². The molecule has 0 aromatic heterocycles. The molecule has 0 aromatic carbocycles. The second kappa shape index (κ2) is 6.30. The molecule has 0 aliphatic carbocycles. The molecule has 1 N–H and O–H groups in total. The Hall–Kier alpha value is -0.820. The van der Waals surface area contributed by atoms with E-state index >= 15 is 0 Å². The summed E-state index contributed by atoms with van der Waals surface area (Å²) in [5.74, 6) is 0.250. The molecule has 116 valence electrons. The molecule has 20 heavy (non-hydrogen) atoms. The van der Waals surface area contributed by atoms with E-state index in [1.807, 2.05) is 13.8 Å². The third-order valence-electron chi connectivity index (χ3n) is 3.75. The molecular weight excluding hydrogens is 280 g/mol. The Labute approximate surface area is 120 Å². The molecule has 2 heterocycles. The maximum atomic E-state index is 12.3. The van der Waals surface area contributed by atoms with E-state index in [0.29, 0.717) is 13.0 Å². The molecule has 0 bridgehead atoms. The Morgan fingerprint density at radius 2 is 2.15 bits per heavy atom. The lowest BCUT2D eigenvalue weighted by Crippen LogP contribution is -2.51. The minimum absolute atomic E-state index is 0.0347. The number of sulfone groups is 1. The number of carbonyl (C=O) groups is 1. The van der Waals surface area contributed by atoms with Crippen LogP contribution in [0.3, 0.4) is 0 Å². The van der Waals surface area contributed by atoms with Crippen LogP contribution in [0.4, 0.5) is 4.79 Å². The molecule has 0 radical (unpaired) electrons. The molecule has 2 rings (SSSR count). The van der Waals surface area contributed by atoms with Crippen molar-refractivity contribution in [3.05, 3.63) is 0 Å². The van der Waals surface area contributed by atoms with Gasteiger partial charge in [-0.3, -0.25) is 0 Å². The number of hydrogen-bond donors (Lipinski definition) is 1. The lowest BCUT2D eigenvalue weighted by Gasteiger charge is -2.31. The first kappa shape index (κ1) is 15.6. The molecule has 2 saturated heterocycles. The van der Waals surface area contributed by atoms with Gasteiger partial charge in [0.25, 0.3) is 0 Å². The van der Waals surface area contributed by atoms with Crippen molar-refractivity contribution in [2.24, 2.45) is 0 Å². The Balaban J connectivity index is 2.04. The second-order valence-electron chi connectivity index (χ2n) is 5.95. The van der Waals surface area contributed by atoms with Gasteiger partial charge in [-0.2, -0.15) is 0 Å². The van der Waals surface area contributed by atoms with Gasteiger partial charge < -0.3 is 15.0 Å². The van der Waals surface area contributed by atoms with Crippen molar-refractivity contribution in [3.8, 4) is 0 Å². The standard InChI is InChI=1S/C13H24N2O4S/c1-10(2)14-13(16)15(8-12-4-3-6-19-12)11-5-7-20(17,18)9-11/h10-12H,3-9H2,1-2H3,(H,14,16). The Morgan fingerprint density at radius 3 is 2.65 bits per heavy atom. The molecule has 2 fully saturated rings. The first-order valence-corrected chi connectivity index (χ1v) is 9.08. The van der Waals surface area contributed by atoms with E-state index in [-0.39, 0.29) is 35.7 Å². The molecule has 2 aliphatic rings. The zero-order valence-electron chi connectivity index (χ0n) is 12.2. The number of rotatable bonds is 4. The quantitative estimate of drug-likeness (QED) is 0.832. The molecule has 7 heteroatoms. The first-order valence-electron chi connectivity index (χ1n) is 7.26. The van der Waals surface area contributed by atoms with Crippen molar-refractivity contribution in [3.63, 3.8) is 0 Å². The highest BCUT2D eigenvalue weighted by molar-refractivity contribution is 7.91. The van der Waals surface area contributed by atoms with E-state index in [1.54, 1.807) is 4.90 Å². The van der Waals surface area contributed by atoms with Gasteiger partial charge in [-0.1, -0.05) is 0 Å². The highest BCUT2D eigenvalue weighted by Crippen LogP contribution is 2.21. The number of urea groups is 1. The fourth-order valence-electron chi connectivity index (χ4n) is 2.76. The van der Waals surface area contributed by atoms with Crippen LogP contribution in [0.15, 0.2) is 0 Å². The van der Waals surface area contributed by atoms with E-state index in [2.05, 4.69) is 5.32 Å². The SMILES string of the molecule is CC(C)NC(=O)N(CC1CCCO1)C1CCS(=O)(=O)C1. The summed E-state index contributed by atoms with van der Waals surface area (Å²) in [6, 6.07) is -0.368. The third kappa shape index (κ3) is 4.09. The zero-order chi connectivity index (χ0) is 14.8. The predicted octanol–water partition coefficient (Wildman–Crippen LogP) is 0.772. The topological polar surface area (TPSA) is 75.7 Å². The molecule has 2 atom stereocenters. The summed E-state index contributed by atoms with van der Waals surface area (Å²) in [6.45, 7) is 5.01. The van der Waals surface area contributed by atoms with Crippen LogP contribution in [0.2, 0.25) is 0 Å². The Kier molecular flexibility index (Phi) is 4.90. The molecule has 2 aliphatic heterocycles. The van der Waals surface area contributed by atoms with Crippen molar-refractivity contribution in [1.82, 2.24) is 10.2 Å². The van der Waals surface area contributed by atoms with Gasteiger partial charge in [0.2, 0.25) is 0 Å². The van der Waals surface area contributed by atoms with Crippen molar-refractivity contribution in [2.75, 3.05) is 24.7 Å². The van der Waals surface area contributed by atoms with E-state index < -0.39 is 9.84 Å². The van der Waals surface area contributed by atoms with Crippen molar-refractivity contribution < 1.29 is 17.9 Å². The fraction of sp³-hybridized carbons (Fsp3) is 0.923. The minimum atomic E-state index is -3.00. The van der Waals surface area contributed by atoms with Gasteiger partial charge in [0.05, 0.1) is 17.6 Å². The van der Waals surface area contributed by atoms with Crippen LogP contribution in [0.5, 0.6) is 0 Å². The maximum absolute atomic E-state index is 12.3. The van der Waals surface area contributed by atoms with Gasteiger partial charge in [-0.05, 0) is 33.1 Å². The van der Waals surface area contributed by atoms with E-state index in [1.165, 1.54) is 0 Å². The number of amides is 2. The molecule has 0 aromatic rings. The smallest absolute Gasteiger partial charge is 0.317 e. The summed E-state index contributed by atoms with van der Waals surface area (Å²) >= 11 is 0. The van der Waals surface area contributed by atoms with Crippen molar-refractivity contribution >= 4 is 15.9 Å². The number of carbonyl (C=O) groups excluding carboxylic acids is 1. The van der Waals surface area contributed by atoms with Gasteiger partial charge in [-0.25, -0.2) is 13.2 Å². The van der Waals surface area contributed by atoms with Crippen molar-refractivity contribution in [1.29, 1.82) is 0 Å². The van der Waals surface area contributed by atoms with Crippen LogP contribution in [0.1, 0.15) is 33.1 Å². The van der Waals surface area contributed by atoms with Crippen LogP contribution >= 0.6 is 0 Å². The van der Waals surface area contributed by atoms with Crippen LogP contribution in [-0.2, 0) is 14.6 Å². The summed E-state index contributed by atoms with van der Waals surface area (Å²) in [7, 11) is -3.00. The van der Waals surface area contributed by atoms with Crippen molar-refractivity contribution in [2.45, 2.75) is 51.3 Å². The van der Waals surface area contributed by atoms with Gasteiger partial charge >= 0.3 is 6.03 Å². The molecule has 6 nitrogen and oxygen atoms in total. The highest BCUT2D eigenvalue weighted by atomic mass is 32.2. The summed E-state index contributed by atoms with van der Waals surface area (Å²) in [4.78, 5) is 14.0. The number of hydrogen-bond acceptors (Lipinski definition) is 4. The van der Waals surface area contributed by atoms with E-state index in [0.717, 1.165) is 19.4 Å². The highest BCUT2D eigenvalue weighted by Gasteiger charge is 2.36. The lowest BCUT2D eigenvalue weighted by atomic mass is 10.1. The summed E-state index contributed by atoms with van der Waals surface area (Å²) < 4.78 is 28.9. The van der Waals surface area contributed by atoms with Gasteiger partial charge in [0.1, 0.15) is 0 Å². The molecule has 0 saturated carbocycles. The Bertz CT molecular complexity index is 443. The number of nitrogens with zero attached hydrogens (tertiary/aromatic N) is 1. The second-order valence-corrected chi connectivity index (χ2v) is 8.18. The van der Waals surface area contributed by atoms with Gasteiger partial charge in [0, 0.05) is 25.2 Å². The molecule has 2 unspecified atom stereocenters. The summed E-state index contributed by atoms with van der Waals surface area (Å²) in [5.41, 5.74) is 0. The average molecular weight is 304 g/mol. The Morgan fingerprint density at radius 1 is 1.40 bits per heavy atom. The fourth-order valence-corrected chi connectivity index (χ4v) is 4.49. The number of nitrogens with one attached hydrogen (secondary N) is 1. The van der Waals surface area contributed by atoms with Crippen LogP contribution in [-0.4, -0.2) is 62.2 Å². The van der Waals surface area contributed by atoms with E-state index in [4.69, 9.17) is 4.74 Å². The monoisotopic (exact) mass is 304 g/mol. The zero-order valence-corrected chi connectivity index (χ0v) is 13.0. The first-order chi connectivity index (χ1) is 9.37. The van der Waals surface area contributed by atoms with Crippen LogP contribution < -0.4 is 5.32 Å². The maximum Gasteiger partial charge on any atom is 0.317 e. The van der Waals surface area contributed by atoms with E-state index in [9.17, 15) is 13.2 Å². The average Bonchev–Trinajstić information content (AvgIpc) is 2.94. The normalized spacial score (nSPS) is 28.8. The van der Waals surface area contributed by atoms with Gasteiger partial charge in [-0.15, -0.1) is 0 Å². The lowest BCUT2D eigenvalue weighted by molar-refractivity contribution is 0.0718. The largest absolute Gasteiger partial charge is 0.376 e. The molecule has 0 spiro atoms. The minimum Gasteiger partial charge on any atom is -0.376 e.